The van der Waals surface area contributed by atoms with E-state index in [1.807, 2.05) is 0 Å². The monoisotopic (exact) mass is 630 g/mol. The third kappa shape index (κ3) is 3.76. The summed E-state index contributed by atoms with van der Waals surface area (Å²) < 4.78 is 12.5. The molecule has 3 aromatic rings. The number of hydrogen-bond donors (Lipinski definition) is 0. The maximum absolute atomic E-state index is 5.31. The fraction of sp³-hybridized carbons (Fsp3) is 0.250. The molecular formula is C36H38Cl2Zr. The van der Waals surface area contributed by atoms with Gasteiger partial charge in [-0.2, -0.15) is 0 Å². The molecule has 0 saturated carbocycles. The maximum atomic E-state index is 5.31. The second-order valence-electron chi connectivity index (χ2n) is 13.3. The molecule has 0 nitrogen and oxygen atoms in total. The van der Waals surface area contributed by atoms with Crippen LogP contribution in [0.4, 0.5) is 0 Å². The minimum atomic E-state index is -4.02. The summed E-state index contributed by atoms with van der Waals surface area (Å²) in [5.74, 6) is 0. The van der Waals surface area contributed by atoms with Crippen LogP contribution in [0.5, 0.6) is 0 Å². The summed E-state index contributed by atoms with van der Waals surface area (Å²) in [7, 11) is 0. The average Bonchev–Trinajstić information content (AvgIpc) is 3.64. The summed E-state index contributed by atoms with van der Waals surface area (Å²) in [6.45, 7) is 9.56. The molecule has 0 unspecified atom stereocenters. The van der Waals surface area contributed by atoms with E-state index in [4.69, 9.17) is 4.21 Å². The zero-order valence-corrected chi connectivity index (χ0v) is 27.7. The molecule has 0 N–H and O–H groups in total. The number of halogens is 2. The molecule has 4 aliphatic rings. The second-order valence-corrected chi connectivity index (χ2v) is 27.5. The molecule has 0 saturated heterocycles. The minimum absolute atomic E-state index is 0. The molecule has 39 heavy (non-hydrogen) atoms. The fourth-order valence-corrected chi connectivity index (χ4v) is 22.0. The Hall–Kier alpha value is -2.05. The molecule has 4 aliphatic carbocycles. The van der Waals surface area contributed by atoms with Crippen LogP contribution in [-0.4, -0.2) is 4.21 Å². The number of allylic oxidation sites excluding steroid dienone is 6. The van der Waals surface area contributed by atoms with Crippen molar-refractivity contribution in [3.8, 4) is 11.1 Å². The van der Waals surface area contributed by atoms with Gasteiger partial charge in [-0.3, -0.25) is 0 Å². The van der Waals surface area contributed by atoms with Crippen molar-refractivity contribution in [1.29, 1.82) is 0 Å². The van der Waals surface area contributed by atoms with Gasteiger partial charge in [-0.1, -0.05) is 0 Å². The van der Waals surface area contributed by atoms with Gasteiger partial charge in [-0.25, -0.2) is 0 Å². The summed E-state index contributed by atoms with van der Waals surface area (Å²) in [5.41, 5.74) is 11.6. The molecule has 3 aromatic carbocycles. The standard InChI is InChI=1S/C23H21.C6H5.C5H5.CH3.CH2.2ClH.Zr/c1-22(2)7-5-14-10-18-16(12-20(14)22)9-17-13-21-15(11-19(17)18)6-8-23(21,3)4;1-2-4-6-5-3-1;1-2-4-5-3-1;;;;;/h5-7,10-13H,9H2,1-4H3;1-5H;1-3H,4H2;1H3;1H2;2*1H;. The Kier molecular flexibility index (Phi) is 6.56. The van der Waals surface area contributed by atoms with E-state index in [0.717, 1.165) is 12.8 Å². The number of fused-ring (bicyclic) bond motifs is 5. The first-order valence-electron chi connectivity index (χ1n) is 13.7. The first-order valence-corrected chi connectivity index (χ1v) is 21.6. The van der Waals surface area contributed by atoms with Crippen molar-refractivity contribution in [1.82, 2.24) is 0 Å². The Morgan fingerprint density at radius 3 is 2.10 bits per heavy atom. The van der Waals surface area contributed by atoms with Crippen LogP contribution in [0.15, 0.2) is 85.5 Å². The first-order chi connectivity index (χ1) is 17.5. The van der Waals surface area contributed by atoms with Crippen molar-refractivity contribution in [2.24, 2.45) is 0 Å². The van der Waals surface area contributed by atoms with Gasteiger partial charge < -0.3 is 0 Å². The zero-order chi connectivity index (χ0) is 25.8. The summed E-state index contributed by atoms with van der Waals surface area (Å²) in [6.07, 6.45) is 16.2. The van der Waals surface area contributed by atoms with E-state index in [-0.39, 0.29) is 35.6 Å². The predicted molar refractivity (Wildman–Crippen MR) is 173 cm³/mol. The third-order valence-electron chi connectivity index (χ3n) is 10.2. The van der Waals surface area contributed by atoms with Crippen molar-refractivity contribution in [2.45, 2.75) is 56.0 Å². The topological polar surface area (TPSA) is 0 Å². The van der Waals surface area contributed by atoms with E-state index >= 15 is 0 Å². The molecule has 0 radical (unpaired) electrons. The molecule has 0 aromatic heterocycles. The fourth-order valence-electron chi connectivity index (χ4n) is 7.94. The van der Waals surface area contributed by atoms with Gasteiger partial charge in [0.15, 0.2) is 0 Å². The quantitative estimate of drug-likeness (QED) is 0.211. The number of benzene rings is 3. The van der Waals surface area contributed by atoms with E-state index in [0.29, 0.717) is 0 Å². The van der Waals surface area contributed by atoms with Crippen LogP contribution in [0.2, 0.25) is 4.63 Å². The molecule has 0 fully saturated rings. The molecule has 3 heteroatoms. The normalized spacial score (nSPS) is 18.8. The molecule has 0 amide bonds. The van der Waals surface area contributed by atoms with Gasteiger partial charge in [-0.05, 0) is 0 Å². The predicted octanol–water partition coefficient (Wildman–Crippen LogP) is 9.38. The van der Waals surface area contributed by atoms with E-state index < -0.39 is 18.3 Å². The van der Waals surface area contributed by atoms with E-state index in [1.165, 1.54) is 47.8 Å². The van der Waals surface area contributed by atoms with Gasteiger partial charge in [0.05, 0.1) is 0 Å². The van der Waals surface area contributed by atoms with Gasteiger partial charge in [-0.15, -0.1) is 24.8 Å². The Labute approximate surface area is 247 Å². The van der Waals surface area contributed by atoms with Crippen molar-refractivity contribution < 1.29 is 18.3 Å². The van der Waals surface area contributed by atoms with Gasteiger partial charge in [0.2, 0.25) is 0 Å². The first kappa shape index (κ1) is 28.5. The van der Waals surface area contributed by atoms with Crippen LogP contribution < -0.4 is 3.27 Å². The molecule has 0 bridgehead atoms. The third-order valence-corrected chi connectivity index (χ3v) is 25.5. The van der Waals surface area contributed by atoms with Crippen molar-refractivity contribution in [3.05, 3.63) is 119 Å². The van der Waals surface area contributed by atoms with Crippen LogP contribution in [-0.2, 0) is 35.5 Å². The molecular weight excluding hydrogens is 595 g/mol. The molecule has 0 spiro atoms. The number of hydrogen-bond acceptors (Lipinski definition) is 0. The van der Waals surface area contributed by atoms with Crippen LogP contribution >= 0.6 is 24.8 Å². The van der Waals surface area contributed by atoms with E-state index in [9.17, 15) is 0 Å². The van der Waals surface area contributed by atoms with Crippen LogP contribution in [0, 0.1) is 0 Å². The summed E-state index contributed by atoms with van der Waals surface area (Å²) >= 11 is -4.02. The summed E-state index contributed by atoms with van der Waals surface area (Å²) in [6, 6.07) is 21.2. The molecule has 200 valence electrons. The van der Waals surface area contributed by atoms with Crippen LogP contribution in [0.1, 0.15) is 67.5 Å². The Morgan fingerprint density at radius 2 is 1.46 bits per heavy atom. The van der Waals surface area contributed by atoms with Gasteiger partial charge >= 0.3 is 224 Å². The van der Waals surface area contributed by atoms with E-state index in [1.54, 1.807) is 6.56 Å². The Balaban J connectivity index is 0.00000154. The molecule has 0 atom stereocenters. The molecule has 7 rings (SSSR count). The van der Waals surface area contributed by atoms with Crippen LogP contribution in [0.3, 0.4) is 0 Å². The van der Waals surface area contributed by atoms with Gasteiger partial charge in [0, 0.05) is 0 Å². The van der Waals surface area contributed by atoms with Gasteiger partial charge in [0.1, 0.15) is 0 Å². The van der Waals surface area contributed by atoms with Crippen LogP contribution in [0.25, 0.3) is 23.3 Å². The summed E-state index contributed by atoms with van der Waals surface area (Å²) in [5, 5.41) is 0. The van der Waals surface area contributed by atoms with Crippen molar-refractivity contribution in [2.75, 3.05) is 0 Å². The average molecular weight is 633 g/mol. The van der Waals surface area contributed by atoms with E-state index in [2.05, 4.69) is 123 Å². The SMILES string of the molecule is Cl.Cl.[CH2]=[Zr]([CH3])([C]1=CC=CC1)([C]1=Cc2cc3c(cc2C1(C)C)Cc1cc2c(cc1-3)C=CC2(C)C)[c]1ccccc1. The number of rotatable bonds is 3. The van der Waals surface area contributed by atoms with Gasteiger partial charge in [0.25, 0.3) is 0 Å². The Bertz CT molecular complexity index is 1730. The summed E-state index contributed by atoms with van der Waals surface area (Å²) in [4.78, 5) is 0. The molecule has 0 aliphatic heterocycles. The van der Waals surface area contributed by atoms with Crippen molar-refractivity contribution in [3.63, 3.8) is 0 Å². The van der Waals surface area contributed by atoms with Crippen molar-refractivity contribution >= 4 is 44.4 Å². The molecule has 0 heterocycles. The second kappa shape index (κ2) is 8.98. The Morgan fingerprint density at radius 1 is 0.821 bits per heavy atom. The zero-order valence-electron chi connectivity index (χ0n) is 23.6.